The number of anilines is 1. The molecule has 8 nitrogen and oxygen atoms in total. The Morgan fingerprint density at radius 2 is 1.45 bits per heavy atom. The zero-order valence-corrected chi connectivity index (χ0v) is 15.3. The minimum absolute atomic E-state index is 0.0970. The zero-order chi connectivity index (χ0) is 21.0. The van der Waals surface area contributed by atoms with Gasteiger partial charge in [-0.3, -0.25) is 24.1 Å². The molecule has 146 valence electrons. The van der Waals surface area contributed by atoms with Crippen LogP contribution in [0.15, 0.2) is 66.7 Å². The molecule has 1 aliphatic heterocycles. The summed E-state index contributed by atoms with van der Waals surface area (Å²) in [7, 11) is 1.13. The predicted octanol–water partition coefficient (Wildman–Crippen LogP) is 1.59. The van der Waals surface area contributed by atoms with Crippen LogP contribution in [0.25, 0.3) is 0 Å². The second kappa shape index (κ2) is 8.30. The summed E-state index contributed by atoms with van der Waals surface area (Å²) in [6, 6.07) is 12.5. The van der Waals surface area contributed by atoms with E-state index in [-0.39, 0.29) is 11.1 Å². The lowest BCUT2D eigenvalue weighted by Gasteiger charge is -2.23. The lowest BCUT2D eigenvalue weighted by Crippen LogP contribution is -2.51. The molecular formula is C21H16N2O6. The first-order chi connectivity index (χ1) is 13.9. The molecule has 0 bridgehead atoms. The van der Waals surface area contributed by atoms with E-state index in [9.17, 15) is 24.0 Å². The SMILES string of the molecule is COC(=O)/C=C\C(=O)C(C(=O)Nc1ccccc1)N1C(=O)c2ccccc2C1=O. The number of para-hydroxylation sites is 1. The lowest BCUT2D eigenvalue weighted by molar-refractivity contribution is -0.135. The number of rotatable bonds is 6. The van der Waals surface area contributed by atoms with Crippen LogP contribution in [0, 0.1) is 0 Å². The molecular weight excluding hydrogens is 376 g/mol. The Balaban J connectivity index is 1.97. The van der Waals surface area contributed by atoms with Crippen molar-refractivity contribution in [2.24, 2.45) is 0 Å². The van der Waals surface area contributed by atoms with Crippen molar-refractivity contribution in [3.8, 4) is 0 Å². The maximum Gasteiger partial charge on any atom is 0.330 e. The van der Waals surface area contributed by atoms with Gasteiger partial charge in [0.2, 0.25) is 0 Å². The molecule has 0 spiro atoms. The van der Waals surface area contributed by atoms with E-state index >= 15 is 0 Å². The molecule has 0 fully saturated rings. The van der Waals surface area contributed by atoms with Crippen LogP contribution in [0.4, 0.5) is 5.69 Å². The van der Waals surface area contributed by atoms with E-state index in [4.69, 9.17) is 0 Å². The highest BCUT2D eigenvalue weighted by Crippen LogP contribution is 2.25. The van der Waals surface area contributed by atoms with Crippen LogP contribution in [-0.2, 0) is 19.1 Å². The summed E-state index contributed by atoms with van der Waals surface area (Å²) in [6.07, 6.45) is 1.63. The number of amides is 3. The van der Waals surface area contributed by atoms with Gasteiger partial charge in [-0.2, -0.15) is 0 Å². The highest BCUT2D eigenvalue weighted by atomic mass is 16.5. The Morgan fingerprint density at radius 3 is 2.00 bits per heavy atom. The second-order valence-corrected chi connectivity index (χ2v) is 6.04. The van der Waals surface area contributed by atoms with Gasteiger partial charge in [0, 0.05) is 11.8 Å². The van der Waals surface area contributed by atoms with E-state index in [0.29, 0.717) is 10.6 Å². The van der Waals surface area contributed by atoms with Gasteiger partial charge in [0.1, 0.15) is 0 Å². The molecule has 0 aliphatic carbocycles. The molecule has 0 saturated carbocycles. The van der Waals surface area contributed by atoms with Crippen LogP contribution in [0.3, 0.4) is 0 Å². The summed E-state index contributed by atoms with van der Waals surface area (Å²) in [5, 5.41) is 2.51. The summed E-state index contributed by atoms with van der Waals surface area (Å²) in [4.78, 5) is 63.0. The number of carbonyl (C=O) groups excluding carboxylic acids is 5. The number of fused-ring (bicyclic) bond motifs is 1. The Labute approximate surface area is 165 Å². The van der Waals surface area contributed by atoms with Crippen LogP contribution in [0.5, 0.6) is 0 Å². The van der Waals surface area contributed by atoms with E-state index in [2.05, 4.69) is 10.1 Å². The van der Waals surface area contributed by atoms with E-state index in [1.165, 1.54) is 12.1 Å². The van der Waals surface area contributed by atoms with Gasteiger partial charge < -0.3 is 10.1 Å². The fraction of sp³-hybridized carbons (Fsp3) is 0.0952. The third-order valence-electron chi connectivity index (χ3n) is 4.23. The number of ketones is 1. The molecule has 1 unspecified atom stereocenters. The second-order valence-electron chi connectivity index (χ2n) is 6.04. The maximum absolute atomic E-state index is 12.9. The highest BCUT2D eigenvalue weighted by Gasteiger charge is 2.45. The summed E-state index contributed by atoms with van der Waals surface area (Å²) in [5.74, 6) is -4.15. The molecule has 1 atom stereocenters. The van der Waals surface area contributed by atoms with Crippen molar-refractivity contribution in [1.29, 1.82) is 0 Å². The molecule has 0 saturated heterocycles. The van der Waals surface area contributed by atoms with Crippen molar-refractivity contribution >= 4 is 35.2 Å². The number of benzene rings is 2. The number of hydrogen-bond acceptors (Lipinski definition) is 6. The van der Waals surface area contributed by atoms with Crippen LogP contribution in [-0.4, -0.2) is 47.5 Å². The van der Waals surface area contributed by atoms with Gasteiger partial charge in [-0.1, -0.05) is 30.3 Å². The van der Waals surface area contributed by atoms with Gasteiger partial charge in [-0.25, -0.2) is 4.79 Å². The van der Waals surface area contributed by atoms with E-state index in [1.54, 1.807) is 42.5 Å². The molecule has 29 heavy (non-hydrogen) atoms. The van der Waals surface area contributed by atoms with Gasteiger partial charge >= 0.3 is 5.97 Å². The fourth-order valence-electron chi connectivity index (χ4n) is 2.86. The number of nitrogens with zero attached hydrogens (tertiary/aromatic N) is 1. The Morgan fingerprint density at radius 1 is 0.897 bits per heavy atom. The van der Waals surface area contributed by atoms with E-state index in [0.717, 1.165) is 19.3 Å². The molecule has 2 aromatic carbocycles. The third-order valence-corrected chi connectivity index (χ3v) is 4.23. The number of hydrogen-bond donors (Lipinski definition) is 1. The van der Waals surface area contributed by atoms with E-state index in [1.807, 2.05) is 0 Å². The first kappa shape index (κ1) is 19.7. The number of ether oxygens (including phenoxy) is 1. The maximum atomic E-state index is 12.9. The summed E-state index contributed by atoms with van der Waals surface area (Å²) >= 11 is 0. The van der Waals surface area contributed by atoms with Crippen molar-refractivity contribution in [2.45, 2.75) is 6.04 Å². The monoisotopic (exact) mass is 392 g/mol. The smallest absolute Gasteiger partial charge is 0.330 e. The zero-order valence-electron chi connectivity index (χ0n) is 15.3. The Bertz CT molecular complexity index is 993. The normalized spacial score (nSPS) is 13.9. The highest BCUT2D eigenvalue weighted by molar-refractivity contribution is 6.28. The quantitative estimate of drug-likeness (QED) is 0.346. The van der Waals surface area contributed by atoms with Crippen molar-refractivity contribution in [3.63, 3.8) is 0 Å². The Hall–Kier alpha value is -4.07. The minimum atomic E-state index is -1.79. The topological polar surface area (TPSA) is 110 Å². The number of nitrogens with one attached hydrogen (secondary N) is 1. The molecule has 1 N–H and O–H groups in total. The largest absolute Gasteiger partial charge is 0.466 e. The van der Waals surface area contributed by atoms with Gasteiger partial charge in [0.15, 0.2) is 11.8 Å². The van der Waals surface area contributed by atoms with Crippen LogP contribution < -0.4 is 5.32 Å². The molecule has 3 amide bonds. The average Bonchev–Trinajstić information content (AvgIpc) is 2.98. The molecule has 8 heteroatoms. The van der Waals surface area contributed by atoms with E-state index < -0.39 is 35.5 Å². The standard InChI is InChI=1S/C21H16N2O6/c1-29-17(25)12-11-16(24)18(19(26)22-13-7-3-2-4-8-13)23-20(27)14-9-5-6-10-15(14)21(23)28/h2-12,18H,1H3,(H,22,26)/b12-11-. The summed E-state index contributed by atoms with van der Waals surface area (Å²) in [6.45, 7) is 0. The summed E-state index contributed by atoms with van der Waals surface area (Å²) in [5.41, 5.74) is 0.573. The molecule has 0 aromatic heterocycles. The number of esters is 1. The van der Waals surface area contributed by atoms with Crippen LogP contribution >= 0.6 is 0 Å². The predicted molar refractivity (Wildman–Crippen MR) is 102 cm³/mol. The van der Waals surface area contributed by atoms with Crippen LogP contribution in [0.1, 0.15) is 20.7 Å². The molecule has 1 aliphatic rings. The van der Waals surface area contributed by atoms with Gasteiger partial charge in [0.25, 0.3) is 17.7 Å². The molecule has 1 heterocycles. The fourth-order valence-corrected chi connectivity index (χ4v) is 2.86. The van der Waals surface area contributed by atoms with Gasteiger partial charge in [-0.15, -0.1) is 0 Å². The average molecular weight is 392 g/mol. The van der Waals surface area contributed by atoms with Crippen molar-refractivity contribution in [3.05, 3.63) is 77.9 Å². The van der Waals surface area contributed by atoms with Crippen molar-refractivity contribution in [2.75, 3.05) is 12.4 Å². The minimum Gasteiger partial charge on any atom is -0.466 e. The third kappa shape index (κ3) is 3.96. The molecule has 0 radical (unpaired) electrons. The van der Waals surface area contributed by atoms with Gasteiger partial charge in [0.05, 0.1) is 18.2 Å². The first-order valence-corrected chi connectivity index (χ1v) is 8.56. The number of imide groups is 1. The lowest BCUT2D eigenvalue weighted by atomic mass is 10.1. The van der Waals surface area contributed by atoms with Crippen molar-refractivity contribution in [1.82, 2.24) is 4.90 Å². The van der Waals surface area contributed by atoms with Gasteiger partial charge in [-0.05, 0) is 30.3 Å². The summed E-state index contributed by atoms with van der Waals surface area (Å²) < 4.78 is 4.43. The Kier molecular flexibility index (Phi) is 5.64. The molecule has 3 rings (SSSR count). The number of methoxy groups -OCH3 is 1. The van der Waals surface area contributed by atoms with Crippen LogP contribution in [0.2, 0.25) is 0 Å². The van der Waals surface area contributed by atoms with Crippen molar-refractivity contribution < 1.29 is 28.7 Å². The number of carbonyl (C=O) groups is 5. The molecule has 2 aromatic rings. The first-order valence-electron chi connectivity index (χ1n) is 8.56.